The monoisotopic (exact) mass is 406 g/mol. The minimum absolute atomic E-state index is 0. The topological polar surface area (TPSA) is 81.5 Å². The maximum atomic E-state index is 11.1. The second-order valence-electron chi connectivity index (χ2n) is 5.33. The van der Waals surface area contributed by atoms with Crippen molar-refractivity contribution in [1.82, 2.24) is 9.97 Å². The van der Waals surface area contributed by atoms with E-state index in [1.807, 2.05) is 37.4 Å². The summed E-state index contributed by atoms with van der Waals surface area (Å²) in [4.78, 5) is 19.7. The molecule has 2 aromatic heterocycles. The summed E-state index contributed by atoms with van der Waals surface area (Å²) in [6.07, 6.45) is 2.93. The number of halogens is 1. The first-order chi connectivity index (χ1) is 12.6. The molecule has 0 aliphatic carbocycles. The average Bonchev–Trinajstić information content (AvgIpc) is 3.14. The van der Waals surface area contributed by atoms with Crippen molar-refractivity contribution in [2.45, 2.75) is 13.8 Å². The molecular formula is C19H19ClN2O4S. The molecule has 3 aromatic rings. The highest BCUT2D eigenvalue weighted by molar-refractivity contribution is 7.13. The van der Waals surface area contributed by atoms with E-state index in [1.54, 1.807) is 12.3 Å². The normalized spacial score (nSPS) is 10.1. The van der Waals surface area contributed by atoms with Gasteiger partial charge in [-0.15, -0.1) is 23.7 Å². The first kappa shape index (κ1) is 20.7. The summed E-state index contributed by atoms with van der Waals surface area (Å²) in [5.41, 5.74) is 2.41. The highest BCUT2D eigenvalue weighted by atomic mass is 35.5. The van der Waals surface area contributed by atoms with Crippen LogP contribution in [0.2, 0.25) is 0 Å². The number of thiazole rings is 1. The number of hydrogen-bond donors (Lipinski definition) is 1. The van der Waals surface area contributed by atoms with Crippen LogP contribution in [0.1, 0.15) is 24.2 Å². The van der Waals surface area contributed by atoms with Gasteiger partial charge in [0.25, 0.3) is 0 Å². The Morgan fingerprint density at radius 2 is 1.81 bits per heavy atom. The van der Waals surface area contributed by atoms with Gasteiger partial charge in [0.1, 0.15) is 5.01 Å². The van der Waals surface area contributed by atoms with E-state index < -0.39 is 5.97 Å². The molecule has 1 N–H and O–H groups in total. The van der Waals surface area contributed by atoms with Gasteiger partial charge in [-0.3, -0.25) is 4.98 Å². The van der Waals surface area contributed by atoms with Crippen molar-refractivity contribution in [2.24, 2.45) is 0 Å². The second-order valence-corrected chi connectivity index (χ2v) is 6.19. The molecule has 0 saturated carbocycles. The summed E-state index contributed by atoms with van der Waals surface area (Å²) in [5.74, 6) is 0.369. The van der Waals surface area contributed by atoms with E-state index in [1.165, 1.54) is 17.5 Å². The third kappa shape index (κ3) is 4.75. The summed E-state index contributed by atoms with van der Waals surface area (Å²) in [7, 11) is 0. The number of benzene rings is 1. The number of aromatic nitrogens is 2. The van der Waals surface area contributed by atoms with Crippen molar-refractivity contribution in [3.63, 3.8) is 0 Å². The maximum Gasteiger partial charge on any atom is 0.337 e. The molecule has 0 aliphatic heterocycles. The molecule has 2 heterocycles. The number of rotatable bonds is 7. The summed E-state index contributed by atoms with van der Waals surface area (Å²) in [6, 6.07) is 7.28. The minimum Gasteiger partial charge on any atom is -0.490 e. The Kier molecular flexibility index (Phi) is 7.15. The Morgan fingerprint density at radius 3 is 2.52 bits per heavy atom. The first-order valence-electron chi connectivity index (χ1n) is 8.16. The van der Waals surface area contributed by atoms with Crippen molar-refractivity contribution >= 4 is 29.7 Å². The third-order valence-electron chi connectivity index (χ3n) is 3.58. The predicted molar refractivity (Wildman–Crippen MR) is 107 cm³/mol. The fourth-order valence-corrected chi connectivity index (χ4v) is 3.25. The van der Waals surface area contributed by atoms with Crippen LogP contribution < -0.4 is 9.47 Å². The minimum atomic E-state index is -1.01. The first-order valence-corrected chi connectivity index (χ1v) is 9.04. The summed E-state index contributed by atoms with van der Waals surface area (Å²) < 4.78 is 11.2. The number of carboxylic acid groups (broad SMARTS) is 1. The number of nitrogens with zero attached hydrogens (tertiary/aromatic N) is 2. The van der Waals surface area contributed by atoms with Gasteiger partial charge in [0, 0.05) is 28.9 Å². The lowest BCUT2D eigenvalue weighted by Gasteiger charge is -2.11. The zero-order valence-electron chi connectivity index (χ0n) is 14.8. The highest BCUT2D eigenvalue weighted by Crippen LogP contribution is 2.35. The number of hydrogen-bond acceptors (Lipinski definition) is 6. The van der Waals surface area contributed by atoms with Crippen molar-refractivity contribution in [3.05, 3.63) is 47.6 Å². The van der Waals surface area contributed by atoms with Crippen LogP contribution in [0.25, 0.3) is 21.8 Å². The van der Waals surface area contributed by atoms with E-state index in [2.05, 4.69) is 9.97 Å². The van der Waals surface area contributed by atoms with E-state index in [0.29, 0.717) is 36.0 Å². The van der Waals surface area contributed by atoms with Crippen LogP contribution >= 0.6 is 23.7 Å². The SMILES string of the molecule is CCOc1ccc(-c2nc(-c3cncc(C(=O)O)c3)cs2)cc1OCC.Cl. The number of pyridine rings is 1. The van der Waals surface area contributed by atoms with E-state index in [9.17, 15) is 4.79 Å². The van der Waals surface area contributed by atoms with Crippen LogP contribution in [0.4, 0.5) is 0 Å². The molecule has 0 aliphatic rings. The molecule has 0 bridgehead atoms. The van der Waals surface area contributed by atoms with Crippen LogP contribution in [0.5, 0.6) is 11.5 Å². The van der Waals surface area contributed by atoms with Crippen LogP contribution in [-0.4, -0.2) is 34.3 Å². The van der Waals surface area contributed by atoms with Gasteiger partial charge in [0.2, 0.25) is 0 Å². The van der Waals surface area contributed by atoms with Gasteiger partial charge in [0.15, 0.2) is 11.5 Å². The summed E-state index contributed by atoms with van der Waals surface area (Å²) in [6.45, 7) is 4.95. The molecule has 0 atom stereocenters. The molecule has 0 amide bonds. The van der Waals surface area contributed by atoms with Crippen molar-refractivity contribution in [3.8, 4) is 33.3 Å². The maximum absolute atomic E-state index is 11.1. The number of carboxylic acids is 1. The van der Waals surface area contributed by atoms with Gasteiger partial charge in [-0.2, -0.15) is 0 Å². The zero-order chi connectivity index (χ0) is 18.5. The van der Waals surface area contributed by atoms with Crippen LogP contribution in [-0.2, 0) is 0 Å². The lowest BCUT2D eigenvalue weighted by Crippen LogP contribution is -1.98. The van der Waals surface area contributed by atoms with E-state index in [0.717, 1.165) is 10.6 Å². The fourth-order valence-electron chi connectivity index (χ4n) is 2.42. The molecule has 3 rings (SSSR count). The molecule has 0 fully saturated rings. The lowest BCUT2D eigenvalue weighted by molar-refractivity contribution is 0.0696. The number of ether oxygens (including phenoxy) is 2. The Balaban J connectivity index is 0.00000261. The molecule has 6 nitrogen and oxygen atoms in total. The highest BCUT2D eigenvalue weighted by Gasteiger charge is 2.12. The van der Waals surface area contributed by atoms with Gasteiger partial charge in [-0.1, -0.05) is 0 Å². The van der Waals surface area contributed by atoms with Gasteiger partial charge in [0.05, 0.1) is 24.5 Å². The molecule has 0 unspecified atom stereocenters. The average molecular weight is 407 g/mol. The molecular weight excluding hydrogens is 388 g/mol. The molecule has 0 spiro atoms. The molecule has 8 heteroatoms. The fraction of sp³-hybridized carbons (Fsp3) is 0.211. The van der Waals surface area contributed by atoms with Crippen LogP contribution in [0, 0.1) is 0 Å². The molecule has 0 saturated heterocycles. The molecule has 1 aromatic carbocycles. The number of aromatic carboxylic acids is 1. The van der Waals surface area contributed by atoms with Crippen molar-refractivity contribution in [1.29, 1.82) is 0 Å². The third-order valence-corrected chi connectivity index (χ3v) is 4.47. The Labute approximate surface area is 167 Å². The summed E-state index contributed by atoms with van der Waals surface area (Å²) >= 11 is 1.48. The molecule has 142 valence electrons. The largest absolute Gasteiger partial charge is 0.490 e. The number of carbonyl (C=O) groups is 1. The molecule has 0 radical (unpaired) electrons. The Morgan fingerprint density at radius 1 is 1.07 bits per heavy atom. The summed E-state index contributed by atoms with van der Waals surface area (Å²) in [5, 5.41) is 11.8. The van der Waals surface area contributed by atoms with Gasteiger partial charge in [-0.25, -0.2) is 9.78 Å². The second kappa shape index (κ2) is 9.34. The van der Waals surface area contributed by atoms with Gasteiger partial charge >= 0.3 is 5.97 Å². The van der Waals surface area contributed by atoms with E-state index in [4.69, 9.17) is 14.6 Å². The van der Waals surface area contributed by atoms with Gasteiger partial charge < -0.3 is 14.6 Å². The van der Waals surface area contributed by atoms with E-state index in [-0.39, 0.29) is 18.0 Å². The Hall–Kier alpha value is -2.64. The van der Waals surface area contributed by atoms with E-state index >= 15 is 0 Å². The molecule has 27 heavy (non-hydrogen) atoms. The van der Waals surface area contributed by atoms with Crippen LogP contribution in [0.3, 0.4) is 0 Å². The van der Waals surface area contributed by atoms with Crippen molar-refractivity contribution in [2.75, 3.05) is 13.2 Å². The van der Waals surface area contributed by atoms with Gasteiger partial charge in [-0.05, 0) is 38.1 Å². The standard InChI is InChI=1S/C19H18N2O4S.ClH/c1-3-24-16-6-5-12(8-17(16)25-4-2)18-21-15(11-26-18)13-7-14(19(22)23)10-20-9-13;/h5-11H,3-4H2,1-2H3,(H,22,23);1H. The lowest BCUT2D eigenvalue weighted by atomic mass is 10.1. The van der Waals surface area contributed by atoms with Crippen molar-refractivity contribution < 1.29 is 19.4 Å². The smallest absolute Gasteiger partial charge is 0.337 e. The Bertz CT molecular complexity index is 930. The predicted octanol–water partition coefficient (Wildman–Crippen LogP) is 4.79. The van der Waals surface area contributed by atoms with Crippen LogP contribution in [0.15, 0.2) is 42.0 Å². The quantitative estimate of drug-likeness (QED) is 0.607. The zero-order valence-corrected chi connectivity index (χ0v) is 16.5.